The van der Waals surface area contributed by atoms with Gasteiger partial charge in [0.2, 0.25) is 6.29 Å². The van der Waals surface area contributed by atoms with Gasteiger partial charge in [-0.05, 0) is 24.1 Å². The minimum absolute atomic E-state index is 0.304. The maximum absolute atomic E-state index is 11.8. The number of benzene rings is 1. The molecule has 0 radical (unpaired) electrons. The SMILES string of the molecule is CCc1ccc(C(=O)OC2COCCO2)cc1. The molecule has 0 aromatic heterocycles. The van der Waals surface area contributed by atoms with Crippen molar-refractivity contribution >= 4 is 5.97 Å². The van der Waals surface area contributed by atoms with Gasteiger partial charge in [0.05, 0.1) is 18.8 Å². The maximum Gasteiger partial charge on any atom is 0.340 e. The zero-order valence-electron chi connectivity index (χ0n) is 9.85. The molecule has 0 saturated carbocycles. The number of esters is 1. The van der Waals surface area contributed by atoms with Crippen LogP contribution in [0.15, 0.2) is 24.3 Å². The summed E-state index contributed by atoms with van der Waals surface area (Å²) < 4.78 is 15.6. The Kier molecular flexibility index (Phi) is 4.12. The van der Waals surface area contributed by atoms with Crippen molar-refractivity contribution < 1.29 is 19.0 Å². The van der Waals surface area contributed by atoms with E-state index in [0.717, 1.165) is 6.42 Å². The lowest BCUT2D eigenvalue weighted by Gasteiger charge is -2.22. The highest BCUT2D eigenvalue weighted by molar-refractivity contribution is 5.89. The summed E-state index contributed by atoms with van der Waals surface area (Å²) in [7, 11) is 0. The molecule has 1 unspecified atom stereocenters. The highest BCUT2D eigenvalue weighted by atomic mass is 16.7. The van der Waals surface area contributed by atoms with Crippen LogP contribution in [0.4, 0.5) is 0 Å². The van der Waals surface area contributed by atoms with E-state index in [1.165, 1.54) is 5.56 Å². The Balaban J connectivity index is 1.93. The first-order valence-corrected chi connectivity index (χ1v) is 5.79. The number of aryl methyl sites for hydroxylation is 1. The van der Waals surface area contributed by atoms with Crippen LogP contribution in [0.2, 0.25) is 0 Å². The summed E-state index contributed by atoms with van der Waals surface area (Å²) in [5.74, 6) is -0.372. The summed E-state index contributed by atoms with van der Waals surface area (Å²) in [6.45, 7) is 3.39. The van der Waals surface area contributed by atoms with Gasteiger partial charge in [0.15, 0.2) is 0 Å². The van der Waals surface area contributed by atoms with E-state index in [1.807, 2.05) is 12.1 Å². The van der Waals surface area contributed by atoms with Crippen molar-refractivity contribution in [2.24, 2.45) is 0 Å². The van der Waals surface area contributed by atoms with Gasteiger partial charge in [-0.2, -0.15) is 0 Å². The molecule has 1 fully saturated rings. The van der Waals surface area contributed by atoms with E-state index in [9.17, 15) is 4.79 Å². The molecule has 17 heavy (non-hydrogen) atoms. The summed E-state index contributed by atoms with van der Waals surface area (Å²) in [5, 5.41) is 0. The Morgan fingerprint density at radius 2 is 2.12 bits per heavy atom. The van der Waals surface area contributed by atoms with Crippen LogP contribution in [0.3, 0.4) is 0 Å². The van der Waals surface area contributed by atoms with Gasteiger partial charge in [-0.25, -0.2) is 4.79 Å². The van der Waals surface area contributed by atoms with Gasteiger partial charge in [-0.15, -0.1) is 0 Å². The van der Waals surface area contributed by atoms with Crippen LogP contribution in [0.5, 0.6) is 0 Å². The minimum Gasteiger partial charge on any atom is -0.430 e. The lowest BCUT2D eigenvalue weighted by atomic mass is 10.1. The van der Waals surface area contributed by atoms with Crippen molar-refractivity contribution in [1.29, 1.82) is 0 Å². The van der Waals surface area contributed by atoms with E-state index in [2.05, 4.69) is 6.92 Å². The summed E-state index contributed by atoms with van der Waals surface area (Å²) in [6, 6.07) is 7.39. The normalized spacial score (nSPS) is 19.9. The average molecular weight is 236 g/mol. The first kappa shape index (κ1) is 12.1. The fourth-order valence-corrected chi connectivity index (χ4v) is 1.60. The molecular weight excluding hydrogens is 220 g/mol. The van der Waals surface area contributed by atoms with Crippen molar-refractivity contribution in [3.63, 3.8) is 0 Å². The van der Waals surface area contributed by atoms with E-state index < -0.39 is 6.29 Å². The van der Waals surface area contributed by atoms with Gasteiger partial charge in [-0.3, -0.25) is 0 Å². The molecule has 0 bridgehead atoms. The van der Waals surface area contributed by atoms with E-state index >= 15 is 0 Å². The average Bonchev–Trinajstić information content (AvgIpc) is 2.40. The monoisotopic (exact) mass is 236 g/mol. The van der Waals surface area contributed by atoms with Gasteiger partial charge in [0, 0.05) is 0 Å². The summed E-state index contributed by atoms with van der Waals surface area (Å²) in [4.78, 5) is 11.8. The molecule has 1 aromatic carbocycles. The third-order valence-corrected chi connectivity index (χ3v) is 2.62. The molecule has 4 nitrogen and oxygen atoms in total. The van der Waals surface area contributed by atoms with E-state index in [0.29, 0.717) is 25.4 Å². The molecule has 1 aliphatic rings. The number of hydrogen-bond donors (Lipinski definition) is 0. The quantitative estimate of drug-likeness (QED) is 0.750. The number of carbonyl (C=O) groups is 1. The Morgan fingerprint density at radius 3 is 2.71 bits per heavy atom. The molecule has 1 saturated heterocycles. The molecule has 1 heterocycles. The fraction of sp³-hybridized carbons (Fsp3) is 0.462. The molecular formula is C13H16O4. The van der Waals surface area contributed by atoms with Crippen LogP contribution in [0, 0.1) is 0 Å². The van der Waals surface area contributed by atoms with E-state index in [1.54, 1.807) is 12.1 Å². The summed E-state index contributed by atoms with van der Waals surface area (Å²) in [5.41, 5.74) is 1.73. The first-order valence-electron chi connectivity index (χ1n) is 5.79. The Bertz CT molecular complexity index is 366. The molecule has 0 spiro atoms. The van der Waals surface area contributed by atoms with Gasteiger partial charge < -0.3 is 14.2 Å². The van der Waals surface area contributed by atoms with E-state index in [4.69, 9.17) is 14.2 Å². The van der Waals surface area contributed by atoms with Gasteiger partial charge in [-0.1, -0.05) is 19.1 Å². The Labute approximate surface area is 100 Å². The van der Waals surface area contributed by atoms with Crippen LogP contribution < -0.4 is 0 Å². The van der Waals surface area contributed by atoms with Crippen molar-refractivity contribution in [2.45, 2.75) is 19.6 Å². The topological polar surface area (TPSA) is 44.8 Å². The lowest BCUT2D eigenvalue weighted by molar-refractivity contribution is -0.186. The standard InChI is InChI=1S/C13H16O4/c1-2-10-3-5-11(6-4-10)13(14)17-12-9-15-7-8-16-12/h3-6,12H,2,7-9H2,1H3. The molecule has 1 aliphatic heterocycles. The zero-order chi connectivity index (χ0) is 12.1. The predicted molar refractivity (Wildman–Crippen MR) is 61.8 cm³/mol. The zero-order valence-corrected chi connectivity index (χ0v) is 9.85. The lowest BCUT2D eigenvalue weighted by Crippen LogP contribution is -2.32. The third-order valence-electron chi connectivity index (χ3n) is 2.62. The molecule has 0 N–H and O–H groups in total. The van der Waals surface area contributed by atoms with Gasteiger partial charge in [0.1, 0.15) is 6.61 Å². The van der Waals surface area contributed by atoms with Crippen molar-refractivity contribution in [2.75, 3.05) is 19.8 Å². The number of hydrogen-bond acceptors (Lipinski definition) is 4. The molecule has 0 aliphatic carbocycles. The van der Waals surface area contributed by atoms with Gasteiger partial charge >= 0.3 is 5.97 Å². The maximum atomic E-state index is 11.8. The number of carbonyl (C=O) groups excluding carboxylic acids is 1. The van der Waals surface area contributed by atoms with Crippen LogP contribution in [0.25, 0.3) is 0 Å². The van der Waals surface area contributed by atoms with Crippen molar-refractivity contribution in [1.82, 2.24) is 0 Å². The first-order chi connectivity index (χ1) is 8.29. The van der Waals surface area contributed by atoms with Crippen LogP contribution >= 0.6 is 0 Å². The molecule has 1 aromatic rings. The van der Waals surface area contributed by atoms with Crippen LogP contribution in [-0.4, -0.2) is 32.1 Å². The van der Waals surface area contributed by atoms with Crippen molar-refractivity contribution in [3.8, 4) is 0 Å². The van der Waals surface area contributed by atoms with Crippen LogP contribution in [-0.2, 0) is 20.6 Å². The Hall–Kier alpha value is -1.39. The predicted octanol–water partition coefficient (Wildman–Crippen LogP) is 1.78. The summed E-state index contributed by atoms with van der Waals surface area (Å²) >= 11 is 0. The highest BCUT2D eigenvalue weighted by Crippen LogP contribution is 2.10. The summed E-state index contributed by atoms with van der Waals surface area (Å²) in [6.07, 6.45) is 0.372. The minimum atomic E-state index is -0.581. The number of ether oxygens (including phenoxy) is 3. The second-order valence-electron chi connectivity index (χ2n) is 3.83. The van der Waals surface area contributed by atoms with Crippen LogP contribution in [0.1, 0.15) is 22.8 Å². The second-order valence-corrected chi connectivity index (χ2v) is 3.83. The molecule has 0 amide bonds. The van der Waals surface area contributed by atoms with Crippen molar-refractivity contribution in [3.05, 3.63) is 35.4 Å². The smallest absolute Gasteiger partial charge is 0.340 e. The Morgan fingerprint density at radius 1 is 1.35 bits per heavy atom. The molecule has 2 rings (SSSR count). The highest BCUT2D eigenvalue weighted by Gasteiger charge is 2.19. The second kappa shape index (κ2) is 5.80. The molecule has 92 valence electrons. The molecule has 4 heteroatoms. The molecule has 1 atom stereocenters. The van der Waals surface area contributed by atoms with Gasteiger partial charge in [0.25, 0.3) is 0 Å². The van der Waals surface area contributed by atoms with E-state index in [-0.39, 0.29) is 5.97 Å². The fourth-order valence-electron chi connectivity index (χ4n) is 1.60. The number of rotatable bonds is 3. The largest absolute Gasteiger partial charge is 0.430 e. The third kappa shape index (κ3) is 3.28.